The molecule has 80 valence electrons. The number of carboxylic acids is 1. The van der Waals surface area contributed by atoms with Crippen LogP contribution >= 0.6 is 0 Å². The molecule has 1 N–H and O–H groups in total. The molecule has 0 spiro atoms. The summed E-state index contributed by atoms with van der Waals surface area (Å²) >= 11 is 0. The zero-order valence-electron chi connectivity index (χ0n) is 8.61. The number of aliphatic carboxylic acids is 1. The molecule has 3 heteroatoms. The molecule has 0 amide bonds. The minimum atomic E-state index is -0.679. The van der Waals surface area contributed by atoms with E-state index >= 15 is 0 Å². The van der Waals surface area contributed by atoms with Gasteiger partial charge in [0.25, 0.3) is 0 Å². The van der Waals surface area contributed by atoms with E-state index in [0.29, 0.717) is 0 Å². The van der Waals surface area contributed by atoms with Crippen LogP contribution in [-0.2, 0) is 4.79 Å². The van der Waals surface area contributed by atoms with Crippen LogP contribution < -0.4 is 0 Å². The number of carboxylic acid groups (broad SMARTS) is 1. The third kappa shape index (κ3) is 3.66. The Balaban J connectivity index is 1.68. The molecule has 0 radical (unpaired) electrons. The van der Waals surface area contributed by atoms with Gasteiger partial charge in [-0.25, -0.2) is 0 Å². The molecule has 14 heavy (non-hydrogen) atoms. The number of rotatable bonds is 7. The van der Waals surface area contributed by atoms with Crippen molar-refractivity contribution in [2.24, 2.45) is 11.8 Å². The average molecular weight is 197 g/mol. The molecule has 2 aliphatic carbocycles. The summed E-state index contributed by atoms with van der Waals surface area (Å²) in [5.41, 5.74) is 0. The first-order valence-corrected chi connectivity index (χ1v) is 5.68. The van der Waals surface area contributed by atoms with Gasteiger partial charge in [-0.3, -0.25) is 9.69 Å². The van der Waals surface area contributed by atoms with Gasteiger partial charge in [0.1, 0.15) is 0 Å². The number of nitrogens with zero attached hydrogens (tertiary/aromatic N) is 1. The molecule has 2 saturated carbocycles. The van der Waals surface area contributed by atoms with Crippen LogP contribution in [0.4, 0.5) is 0 Å². The van der Waals surface area contributed by atoms with E-state index in [9.17, 15) is 4.79 Å². The Morgan fingerprint density at radius 3 is 2.36 bits per heavy atom. The first-order valence-electron chi connectivity index (χ1n) is 5.68. The molecule has 0 unspecified atom stereocenters. The molecular weight excluding hydrogens is 178 g/mol. The van der Waals surface area contributed by atoms with Gasteiger partial charge in [0.05, 0.1) is 6.54 Å². The van der Waals surface area contributed by atoms with E-state index in [1.165, 1.54) is 32.1 Å². The summed E-state index contributed by atoms with van der Waals surface area (Å²) < 4.78 is 0. The second-order valence-electron chi connectivity index (χ2n) is 4.80. The smallest absolute Gasteiger partial charge is 0.317 e. The highest BCUT2D eigenvalue weighted by molar-refractivity contribution is 5.69. The fraction of sp³-hybridized carbons (Fsp3) is 0.909. The molecule has 3 nitrogen and oxygen atoms in total. The molecule has 0 heterocycles. The van der Waals surface area contributed by atoms with Gasteiger partial charge < -0.3 is 5.11 Å². The van der Waals surface area contributed by atoms with Gasteiger partial charge in [-0.1, -0.05) is 12.8 Å². The summed E-state index contributed by atoms with van der Waals surface area (Å²) in [6.45, 7) is 2.25. The highest BCUT2D eigenvalue weighted by atomic mass is 16.4. The van der Waals surface area contributed by atoms with Crippen LogP contribution in [0.15, 0.2) is 0 Å². The van der Waals surface area contributed by atoms with Gasteiger partial charge in [-0.2, -0.15) is 0 Å². The predicted molar refractivity (Wildman–Crippen MR) is 54.1 cm³/mol. The minimum Gasteiger partial charge on any atom is -0.480 e. The Kier molecular flexibility index (Phi) is 3.06. The van der Waals surface area contributed by atoms with E-state index in [2.05, 4.69) is 4.90 Å². The quantitative estimate of drug-likeness (QED) is 0.673. The first kappa shape index (κ1) is 9.97. The molecular formula is C11H19NO2. The van der Waals surface area contributed by atoms with E-state index in [1.54, 1.807) is 0 Å². The molecule has 0 atom stereocenters. The molecule has 0 aromatic rings. The highest BCUT2D eigenvalue weighted by Gasteiger charge is 2.27. The predicted octanol–water partition coefficient (Wildman–Crippen LogP) is 1.58. The van der Waals surface area contributed by atoms with Crippen molar-refractivity contribution in [2.75, 3.05) is 19.6 Å². The third-order valence-electron chi connectivity index (χ3n) is 3.12. The van der Waals surface area contributed by atoms with Gasteiger partial charge in [0.15, 0.2) is 0 Å². The second kappa shape index (κ2) is 4.30. The largest absolute Gasteiger partial charge is 0.480 e. The SMILES string of the molecule is O=C(O)CN(CCC1CC1)CC1CC1. The summed E-state index contributed by atoms with van der Waals surface area (Å²) in [5, 5.41) is 8.76. The minimum absolute atomic E-state index is 0.239. The van der Waals surface area contributed by atoms with E-state index in [0.717, 1.165) is 24.9 Å². The van der Waals surface area contributed by atoms with Gasteiger partial charge in [0.2, 0.25) is 0 Å². The van der Waals surface area contributed by atoms with Crippen LogP contribution in [0.5, 0.6) is 0 Å². The molecule has 0 saturated heterocycles. The molecule has 0 aromatic heterocycles. The van der Waals surface area contributed by atoms with Gasteiger partial charge in [0, 0.05) is 6.54 Å². The Morgan fingerprint density at radius 2 is 1.86 bits per heavy atom. The lowest BCUT2D eigenvalue weighted by Crippen LogP contribution is -2.32. The van der Waals surface area contributed by atoms with Crippen molar-refractivity contribution in [3.05, 3.63) is 0 Å². The van der Waals surface area contributed by atoms with E-state index < -0.39 is 5.97 Å². The normalized spacial score (nSPS) is 21.5. The number of carbonyl (C=O) groups is 1. The van der Waals surface area contributed by atoms with Crippen molar-refractivity contribution in [2.45, 2.75) is 32.1 Å². The van der Waals surface area contributed by atoms with E-state index in [-0.39, 0.29) is 6.54 Å². The van der Waals surface area contributed by atoms with Gasteiger partial charge >= 0.3 is 5.97 Å². The standard InChI is InChI=1S/C11H19NO2/c13-11(14)8-12(7-10-3-4-10)6-5-9-1-2-9/h9-10H,1-8H2,(H,13,14). The van der Waals surface area contributed by atoms with E-state index in [1.807, 2.05) is 0 Å². The molecule has 2 aliphatic rings. The van der Waals surface area contributed by atoms with Crippen LogP contribution in [-0.4, -0.2) is 35.6 Å². The fourth-order valence-corrected chi connectivity index (χ4v) is 1.86. The molecule has 0 bridgehead atoms. The lowest BCUT2D eigenvalue weighted by Gasteiger charge is -2.19. The Hall–Kier alpha value is -0.570. The second-order valence-corrected chi connectivity index (χ2v) is 4.80. The van der Waals surface area contributed by atoms with Crippen LogP contribution in [0.1, 0.15) is 32.1 Å². The van der Waals surface area contributed by atoms with Crippen molar-refractivity contribution in [3.8, 4) is 0 Å². The topological polar surface area (TPSA) is 40.5 Å². The molecule has 2 fully saturated rings. The third-order valence-corrected chi connectivity index (χ3v) is 3.12. The highest BCUT2D eigenvalue weighted by Crippen LogP contribution is 2.33. The average Bonchev–Trinajstić information content (AvgIpc) is 2.95. The first-order chi connectivity index (χ1) is 6.74. The number of hydrogen-bond acceptors (Lipinski definition) is 2. The Labute approximate surface area is 85.1 Å². The maximum absolute atomic E-state index is 10.6. The van der Waals surface area contributed by atoms with Crippen LogP contribution in [0.2, 0.25) is 0 Å². The van der Waals surface area contributed by atoms with Crippen LogP contribution in [0.25, 0.3) is 0 Å². The summed E-state index contributed by atoms with van der Waals surface area (Å²) in [5.74, 6) is 1.03. The maximum Gasteiger partial charge on any atom is 0.317 e. The molecule has 2 rings (SSSR count). The lowest BCUT2D eigenvalue weighted by molar-refractivity contribution is -0.138. The monoisotopic (exact) mass is 197 g/mol. The molecule has 0 aromatic carbocycles. The summed E-state index contributed by atoms with van der Waals surface area (Å²) in [6, 6.07) is 0. The van der Waals surface area contributed by atoms with Crippen molar-refractivity contribution in [3.63, 3.8) is 0 Å². The Morgan fingerprint density at radius 1 is 1.21 bits per heavy atom. The van der Waals surface area contributed by atoms with Crippen molar-refractivity contribution in [1.29, 1.82) is 0 Å². The summed E-state index contributed by atoms with van der Waals surface area (Å²) in [4.78, 5) is 12.8. The summed E-state index contributed by atoms with van der Waals surface area (Å²) in [7, 11) is 0. The van der Waals surface area contributed by atoms with Crippen molar-refractivity contribution in [1.82, 2.24) is 4.90 Å². The van der Waals surface area contributed by atoms with Crippen molar-refractivity contribution >= 4 is 5.97 Å². The zero-order valence-corrected chi connectivity index (χ0v) is 8.61. The fourth-order valence-electron chi connectivity index (χ4n) is 1.86. The lowest BCUT2D eigenvalue weighted by atomic mass is 10.2. The number of hydrogen-bond donors (Lipinski definition) is 1. The van der Waals surface area contributed by atoms with E-state index in [4.69, 9.17) is 5.11 Å². The maximum atomic E-state index is 10.6. The van der Waals surface area contributed by atoms with Crippen LogP contribution in [0.3, 0.4) is 0 Å². The van der Waals surface area contributed by atoms with Gasteiger partial charge in [-0.05, 0) is 37.6 Å². The summed E-state index contributed by atoms with van der Waals surface area (Å²) in [6.07, 6.45) is 6.55. The Bertz CT molecular complexity index is 209. The van der Waals surface area contributed by atoms with Crippen molar-refractivity contribution < 1.29 is 9.90 Å². The molecule has 0 aliphatic heterocycles. The van der Waals surface area contributed by atoms with Crippen LogP contribution in [0, 0.1) is 11.8 Å². The van der Waals surface area contributed by atoms with Gasteiger partial charge in [-0.15, -0.1) is 0 Å². The zero-order chi connectivity index (χ0) is 9.97.